The smallest absolute Gasteiger partial charge is 0.266 e. The Morgan fingerprint density at radius 3 is 2.70 bits per heavy atom. The highest BCUT2D eigenvalue weighted by Gasteiger charge is 2.35. The molecule has 0 N–H and O–H groups in total. The molecule has 2 heterocycles. The highest BCUT2D eigenvalue weighted by Crippen LogP contribution is 2.36. The number of methoxy groups -OCH3 is 1. The third-order valence-corrected chi connectivity index (χ3v) is 7.88. The van der Waals surface area contributed by atoms with Gasteiger partial charge in [0.1, 0.15) is 5.75 Å². The molecular weight excluding hydrogens is 434 g/mol. The molecule has 3 aromatic rings. The van der Waals surface area contributed by atoms with Crippen LogP contribution in [0.3, 0.4) is 0 Å². The first kappa shape index (κ1) is 22.0. The van der Waals surface area contributed by atoms with Crippen molar-refractivity contribution in [3.8, 4) is 11.4 Å². The molecule has 1 aromatic heterocycles. The van der Waals surface area contributed by atoms with Gasteiger partial charge in [-0.3, -0.25) is 14.2 Å². The zero-order valence-corrected chi connectivity index (χ0v) is 19.7. The molecular formula is C26H29N3O3S. The highest BCUT2D eigenvalue weighted by atomic mass is 32.2. The van der Waals surface area contributed by atoms with Crippen LogP contribution in [0.2, 0.25) is 0 Å². The summed E-state index contributed by atoms with van der Waals surface area (Å²) < 4.78 is 7.11. The molecule has 1 saturated carbocycles. The molecule has 0 bridgehead atoms. The van der Waals surface area contributed by atoms with E-state index >= 15 is 0 Å². The summed E-state index contributed by atoms with van der Waals surface area (Å²) in [7, 11) is 1.59. The van der Waals surface area contributed by atoms with Gasteiger partial charge in [-0.2, -0.15) is 0 Å². The lowest BCUT2D eigenvalue weighted by atomic mass is 9.78. The fourth-order valence-corrected chi connectivity index (χ4v) is 6.27. The van der Waals surface area contributed by atoms with Crippen LogP contribution in [0.25, 0.3) is 16.6 Å². The van der Waals surface area contributed by atoms with Gasteiger partial charge in [-0.25, -0.2) is 4.98 Å². The molecule has 5 rings (SSSR count). The third kappa shape index (κ3) is 4.26. The molecule has 33 heavy (non-hydrogen) atoms. The molecule has 6 nitrogen and oxygen atoms in total. The van der Waals surface area contributed by atoms with E-state index in [4.69, 9.17) is 9.72 Å². The number of carbonyl (C=O) groups is 1. The van der Waals surface area contributed by atoms with Gasteiger partial charge in [0, 0.05) is 12.6 Å². The lowest BCUT2D eigenvalue weighted by molar-refractivity contribution is -0.134. The number of likely N-dealkylation sites (tertiary alicyclic amines) is 1. The first-order valence-electron chi connectivity index (χ1n) is 11.7. The fourth-order valence-electron chi connectivity index (χ4n) is 5.38. The van der Waals surface area contributed by atoms with Gasteiger partial charge in [0.25, 0.3) is 5.56 Å². The van der Waals surface area contributed by atoms with Gasteiger partial charge in [-0.15, -0.1) is 0 Å². The van der Waals surface area contributed by atoms with Crippen molar-refractivity contribution in [2.75, 3.05) is 19.4 Å². The van der Waals surface area contributed by atoms with Crippen molar-refractivity contribution in [1.29, 1.82) is 0 Å². The lowest BCUT2D eigenvalue weighted by Gasteiger charge is -2.44. The van der Waals surface area contributed by atoms with E-state index in [1.165, 1.54) is 37.4 Å². The summed E-state index contributed by atoms with van der Waals surface area (Å²) in [5.74, 6) is 1.65. The van der Waals surface area contributed by atoms with Gasteiger partial charge >= 0.3 is 0 Å². The maximum absolute atomic E-state index is 13.5. The van der Waals surface area contributed by atoms with Crippen LogP contribution < -0.4 is 10.3 Å². The summed E-state index contributed by atoms with van der Waals surface area (Å²) in [6.07, 6.45) is 7.16. The van der Waals surface area contributed by atoms with Crippen LogP contribution in [0.5, 0.6) is 5.75 Å². The van der Waals surface area contributed by atoms with E-state index in [1.807, 2.05) is 42.5 Å². The Morgan fingerprint density at radius 2 is 1.82 bits per heavy atom. The second-order valence-corrected chi connectivity index (χ2v) is 9.80. The molecule has 0 radical (unpaired) electrons. The molecule has 2 aliphatic rings. The van der Waals surface area contributed by atoms with Crippen LogP contribution >= 0.6 is 11.8 Å². The number of piperidine rings is 1. The van der Waals surface area contributed by atoms with Crippen molar-refractivity contribution in [2.24, 2.45) is 5.92 Å². The Morgan fingerprint density at radius 1 is 1.06 bits per heavy atom. The summed E-state index contributed by atoms with van der Waals surface area (Å²) in [6.45, 7) is 0.838. The van der Waals surface area contributed by atoms with Crippen LogP contribution in [0.4, 0.5) is 0 Å². The molecule has 2 atom stereocenters. The molecule has 0 spiro atoms. The summed E-state index contributed by atoms with van der Waals surface area (Å²) in [6, 6.07) is 15.1. The molecule has 1 aliphatic carbocycles. The number of fused-ring (bicyclic) bond motifs is 2. The molecule has 2 aromatic carbocycles. The zero-order chi connectivity index (χ0) is 22.8. The van der Waals surface area contributed by atoms with Crippen LogP contribution in [-0.4, -0.2) is 45.8 Å². The SMILES string of the molecule is COc1ccccc1-n1c(SCC(=O)N2CCC[C@@H]3CCCC[C@@H]32)nc2ccccc2c1=O. The standard InChI is InChI=1S/C26H29N3O3S/c1-32-23-15-7-6-14-22(23)29-25(31)19-11-3-4-12-20(19)27-26(29)33-17-24(30)28-16-8-10-18-9-2-5-13-21(18)28/h3-4,6-7,11-12,14-15,18,21H,2,5,8-10,13,16-17H2,1H3/t18-,21-/m0/s1. The van der Waals surface area contributed by atoms with E-state index in [9.17, 15) is 9.59 Å². The fraction of sp³-hybridized carbons (Fsp3) is 0.423. The van der Waals surface area contributed by atoms with Gasteiger partial charge in [-0.1, -0.05) is 48.9 Å². The summed E-state index contributed by atoms with van der Waals surface area (Å²) in [5.41, 5.74) is 1.10. The van der Waals surface area contributed by atoms with E-state index in [0.29, 0.717) is 39.5 Å². The Hall–Kier alpha value is -2.80. The number of thioether (sulfide) groups is 1. The van der Waals surface area contributed by atoms with E-state index in [2.05, 4.69) is 4.90 Å². The number of aromatic nitrogens is 2. The van der Waals surface area contributed by atoms with Gasteiger partial charge in [0.2, 0.25) is 5.91 Å². The lowest BCUT2D eigenvalue weighted by Crippen LogP contribution is -2.50. The van der Waals surface area contributed by atoms with E-state index in [0.717, 1.165) is 19.4 Å². The molecule has 1 saturated heterocycles. The Bertz CT molecular complexity index is 1220. The quantitative estimate of drug-likeness (QED) is 0.407. The monoisotopic (exact) mass is 463 g/mol. The van der Waals surface area contributed by atoms with E-state index < -0.39 is 0 Å². The van der Waals surface area contributed by atoms with Crippen molar-refractivity contribution in [2.45, 2.75) is 49.7 Å². The molecule has 0 unspecified atom stereocenters. The van der Waals surface area contributed by atoms with Crippen molar-refractivity contribution < 1.29 is 9.53 Å². The highest BCUT2D eigenvalue weighted by molar-refractivity contribution is 7.99. The van der Waals surface area contributed by atoms with E-state index in [1.54, 1.807) is 17.7 Å². The number of nitrogens with zero attached hydrogens (tertiary/aromatic N) is 3. The number of amides is 1. The molecule has 7 heteroatoms. The average molecular weight is 464 g/mol. The zero-order valence-electron chi connectivity index (χ0n) is 18.9. The van der Waals surface area contributed by atoms with Crippen LogP contribution in [-0.2, 0) is 4.79 Å². The van der Waals surface area contributed by atoms with E-state index in [-0.39, 0.29) is 17.2 Å². The van der Waals surface area contributed by atoms with Gasteiger partial charge in [-0.05, 0) is 55.9 Å². The second kappa shape index (κ2) is 9.59. The van der Waals surface area contributed by atoms with Crippen molar-refractivity contribution >= 4 is 28.6 Å². The van der Waals surface area contributed by atoms with Gasteiger partial charge in [0.05, 0.1) is 29.5 Å². The van der Waals surface area contributed by atoms with Gasteiger partial charge < -0.3 is 9.64 Å². The largest absolute Gasteiger partial charge is 0.495 e. The first-order valence-corrected chi connectivity index (χ1v) is 12.7. The number of carbonyl (C=O) groups excluding carboxylic acids is 1. The number of rotatable bonds is 5. The maximum Gasteiger partial charge on any atom is 0.266 e. The normalized spacial score (nSPS) is 20.5. The Kier molecular flexibility index (Phi) is 6.40. The topological polar surface area (TPSA) is 64.4 Å². The molecule has 2 fully saturated rings. The minimum atomic E-state index is -0.162. The number of benzene rings is 2. The third-order valence-electron chi connectivity index (χ3n) is 6.96. The van der Waals surface area contributed by atoms with Crippen LogP contribution in [0.1, 0.15) is 38.5 Å². The average Bonchev–Trinajstić information content (AvgIpc) is 2.87. The Labute approximate surface area is 198 Å². The molecule has 1 aliphatic heterocycles. The second-order valence-electron chi connectivity index (χ2n) is 8.85. The number of hydrogen-bond acceptors (Lipinski definition) is 5. The van der Waals surface area contributed by atoms with Crippen molar-refractivity contribution in [3.05, 3.63) is 58.9 Å². The minimum absolute atomic E-state index is 0.144. The number of para-hydroxylation sites is 3. The molecule has 172 valence electrons. The minimum Gasteiger partial charge on any atom is -0.495 e. The van der Waals surface area contributed by atoms with Crippen molar-refractivity contribution in [3.63, 3.8) is 0 Å². The van der Waals surface area contributed by atoms with Gasteiger partial charge in [0.15, 0.2) is 5.16 Å². The molecule has 1 amide bonds. The number of hydrogen-bond donors (Lipinski definition) is 0. The first-order chi connectivity index (χ1) is 16.2. The summed E-state index contributed by atoms with van der Waals surface area (Å²) >= 11 is 1.34. The maximum atomic E-state index is 13.5. The Balaban J connectivity index is 1.48. The number of ether oxygens (including phenoxy) is 1. The van der Waals surface area contributed by atoms with Crippen LogP contribution in [0.15, 0.2) is 58.5 Å². The van der Waals surface area contributed by atoms with Crippen molar-refractivity contribution in [1.82, 2.24) is 14.5 Å². The summed E-state index contributed by atoms with van der Waals surface area (Å²) in [4.78, 5) is 33.7. The summed E-state index contributed by atoms with van der Waals surface area (Å²) in [5, 5.41) is 1.05. The predicted octanol–water partition coefficient (Wildman–Crippen LogP) is 4.67. The van der Waals surface area contributed by atoms with Crippen LogP contribution in [0, 0.1) is 5.92 Å². The predicted molar refractivity (Wildman–Crippen MR) is 131 cm³/mol.